The maximum Gasteiger partial charge on any atom is 0.261 e. The lowest BCUT2D eigenvalue weighted by molar-refractivity contribution is 0.0871. The third-order valence-corrected chi connectivity index (χ3v) is 5.46. The SMILES string of the molecule is CC(C)[C@@H](O)CNC(=O)c1cccc(S(=O)(=O)Nc2ccccc2Cl)c1. The summed E-state index contributed by atoms with van der Waals surface area (Å²) in [7, 11) is -3.90. The summed E-state index contributed by atoms with van der Waals surface area (Å²) in [6.07, 6.45) is -0.673. The lowest BCUT2D eigenvalue weighted by Gasteiger charge is -2.15. The maximum absolute atomic E-state index is 12.5. The van der Waals surface area contributed by atoms with Gasteiger partial charge in [0.2, 0.25) is 0 Å². The maximum atomic E-state index is 12.5. The number of hydrogen-bond donors (Lipinski definition) is 3. The minimum atomic E-state index is -3.90. The summed E-state index contributed by atoms with van der Waals surface area (Å²) in [5.74, 6) is -0.457. The predicted octanol–water partition coefficient (Wildman–Crippen LogP) is 2.89. The second-order valence-electron chi connectivity index (χ2n) is 6.13. The van der Waals surface area contributed by atoms with Crippen molar-refractivity contribution < 1.29 is 18.3 Å². The quantitative estimate of drug-likeness (QED) is 0.670. The zero-order valence-electron chi connectivity index (χ0n) is 14.4. The zero-order chi connectivity index (χ0) is 19.3. The number of hydrogen-bond acceptors (Lipinski definition) is 4. The van der Waals surface area contributed by atoms with Crippen LogP contribution in [0.5, 0.6) is 0 Å². The first-order valence-electron chi connectivity index (χ1n) is 8.04. The summed E-state index contributed by atoms with van der Waals surface area (Å²) in [6, 6.07) is 12.1. The van der Waals surface area contributed by atoms with Gasteiger partial charge >= 0.3 is 0 Å². The molecule has 0 aliphatic carbocycles. The van der Waals surface area contributed by atoms with Gasteiger partial charge in [-0.3, -0.25) is 9.52 Å². The van der Waals surface area contributed by atoms with E-state index in [0.29, 0.717) is 0 Å². The number of aliphatic hydroxyl groups is 1. The average Bonchev–Trinajstić information content (AvgIpc) is 2.61. The lowest BCUT2D eigenvalue weighted by Crippen LogP contribution is -2.34. The van der Waals surface area contributed by atoms with Crippen molar-refractivity contribution in [2.24, 2.45) is 5.92 Å². The Bertz CT molecular complexity index is 884. The Morgan fingerprint density at radius 2 is 1.85 bits per heavy atom. The number of carbonyl (C=O) groups excluding carboxylic acids is 1. The summed E-state index contributed by atoms with van der Waals surface area (Å²) in [5, 5.41) is 12.6. The van der Waals surface area contributed by atoms with Gasteiger partial charge in [-0.05, 0) is 36.2 Å². The van der Waals surface area contributed by atoms with Gasteiger partial charge in [-0.25, -0.2) is 8.42 Å². The molecule has 0 saturated heterocycles. The molecule has 0 aromatic heterocycles. The molecule has 6 nitrogen and oxygen atoms in total. The molecule has 0 heterocycles. The first-order chi connectivity index (χ1) is 12.2. The number of halogens is 1. The van der Waals surface area contributed by atoms with Crippen LogP contribution in [-0.2, 0) is 10.0 Å². The van der Waals surface area contributed by atoms with E-state index >= 15 is 0 Å². The van der Waals surface area contributed by atoms with E-state index in [1.165, 1.54) is 24.3 Å². The molecule has 140 valence electrons. The van der Waals surface area contributed by atoms with E-state index in [4.69, 9.17) is 11.6 Å². The van der Waals surface area contributed by atoms with Crippen molar-refractivity contribution in [1.82, 2.24) is 5.32 Å². The van der Waals surface area contributed by atoms with E-state index in [1.807, 2.05) is 13.8 Å². The average molecular weight is 397 g/mol. The minimum Gasteiger partial charge on any atom is -0.391 e. The molecule has 0 saturated carbocycles. The fraction of sp³-hybridized carbons (Fsp3) is 0.278. The standard InChI is InChI=1S/C18H21ClN2O4S/c1-12(2)17(22)11-20-18(23)13-6-5-7-14(10-13)26(24,25)21-16-9-4-3-8-15(16)19/h3-10,12,17,21-22H,11H2,1-2H3,(H,20,23)/t17-/m0/s1. The van der Waals surface area contributed by atoms with Crippen molar-refractivity contribution in [3.05, 3.63) is 59.1 Å². The van der Waals surface area contributed by atoms with Gasteiger partial charge in [0.05, 0.1) is 21.7 Å². The van der Waals surface area contributed by atoms with Crippen LogP contribution in [-0.4, -0.2) is 32.1 Å². The van der Waals surface area contributed by atoms with Gasteiger partial charge < -0.3 is 10.4 Å². The van der Waals surface area contributed by atoms with Gasteiger partial charge in [0.15, 0.2) is 0 Å². The summed E-state index contributed by atoms with van der Waals surface area (Å²) in [4.78, 5) is 12.1. The molecule has 0 bridgehead atoms. The van der Waals surface area contributed by atoms with E-state index in [9.17, 15) is 18.3 Å². The van der Waals surface area contributed by atoms with Gasteiger partial charge in [-0.15, -0.1) is 0 Å². The van der Waals surface area contributed by atoms with Gasteiger partial charge in [-0.1, -0.05) is 43.6 Å². The molecule has 0 fully saturated rings. The van der Waals surface area contributed by atoms with Gasteiger partial charge in [0.1, 0.15) is 0 Å². The molecule has 2 rings (SSSR count). The molecular weight excluding hydrogens is 376 g/mol. The van der Waals surface area contributed by atoms with Crippen LogP contribution in [0, 0.1) is 5.92 Å². The molecule has 3 N–H and O–H groups in total. The highest BCUT2D eigenvalue weighted by Crippen LogP contribution is 2.24. The van der Waals surface area contributed by atoms with Crippen molar-refractivity contribution in [2.75, 3.05) is 11.3 Å². The first kappa shape index (κ1) is 20.2. The van der Waals surface area contributed by atoms with Crippen LogP contribution in [0.1, 0.15) is 24.2 Å². The van der Waals surface area contributed by atoms with Crippen molar-refractivity contribution in [2.45, 2.75) is 24.8 Å². The lowest BCUT2D eigenvalue weighted by atomic mass is 10.1. The van der Waals surface area contributed by atoms with E-state index in [-0.39, 0.29) is 33.6 Å². The highest BCUT2D eigenvalue weighted by Gasteiger charge is 2.18. The van der Waals surface area contributed by atoms with Crippen molar-refractivity contribution in [3.63, 3.8) is 0 Å². The molecular formula is C18H21ClN2O4S. The van der Waals surface area contributed by atoms with Crippen LogP contribution < -0.4 is 10.0 Å². The van der Waals surface area contributed by atoms with E-state index in [2.05, 4.69) is 10.0 Å². The van der Waals surface area contributed by atoms with Crippen LogP contribution in [0.15, 0.2) is 53.4 Å². The fourth-order valence-corrected chi connectivity index (χ4v) is 3.45. The second kappa shape index (κ2) is 8.53. The number of benzene rings is 2. The van der Waals surface area contributed by atoms with Crippen molar-refractivity contribution >= 4 is 33.2 Å². The van der Waals surface area contributed by atoms with Crippen LogP contribution in [0.25, 0.3) is 0 Å². The van der Waals surface area contributed by atoms with Crippen LogP contribution >= 0.6 is 11.6 Å². The molecule has 26 heavy (non-hydrogen) atoms. The second-order valence-corrected chi connectivity index (χ2v) is 8.22. The number of rotatable bonds is 7. The van der Waals surface area contributed by atoms with Crippen LogP contribution in [0.4, 0.5) is 5.69 Å². The Labute approximate surface area is 158 Å². The van der Waals surface area contributed by atoms with Crippen LogP contribution in [0.2, 0.25) is 5.02 Å². The minimum absolute atomic E-state index is 0.00170. The molecule has 2 aromatic carbocycles. The molecule has 2 aromatic rings. The smallest absolute Gasteiger partial charge is 0.261 e. The number of anilines is 1. The molecule has 0 unspecified atom stereocenters. The molecule has 1 amide bonds. The zero-order valence-corrected chi connectivity index (χ0v) is 16.0. The topological polar surface area (TPSA) is 95.5 Å². The third-order valence-electron chi connectivity index (χ3n) is 3.77. The number of aliphatic hydroxyl groups excluding tert-OH is 1. The summed E-state index contributed by atoms with van der Waals surface area (Å²) in [6.45, 7) is 3.76. The Balaban J connectivity index is 2.17. The fourth-order valence-electron chi connectivity index (χ4n) is 2.09. The largest absolute Gasteiger partial charge is 0.391 e. The molecule has 0 aliphatic heterocycles. The number of para-hydroxylation sites is 1. The van der Waals surface area contributed by atoms with Crippen molar-refractivity contribution in [1.29, 1.82) is 0 Å². The predicted molar refractivity (Wildman–Crippen MR) is 102 cm³/mol. The molecule has 0 spiro atoms. The number of carbonyl (C=O) groups is 1. The third kappa shape index (κ3) is 5.20. The molecule has 0 radical (unpaired) electrons. The Morgan fingerprint density at radius 1 is 1.15 bits per heavy atom. The van der Waals surface area contributed by atoms with Gasteiger partial charge in [-0.2, -0.15) is 0 Å². The Hall–Kier alpha value is -2.09. The Kier molecular flexibility index (Phi) is 6.63. The molecule has 0 aliphatic rings. The van der Waals surface area contributed by atoms with E-state index < -0.39 is 22.0 Å². The molecule has 8 heteroatoms. The monoisotopic (exact) mass is 396 g/mol. The van der Waals surface area contributed by atoms with Crippen LogP contribution in [0.3, 0.4) is 0 Å². The van der Waals surface area contributed by atoms with E-state index in [1.54, 1.807) is 24.3 Å². The highest BCUT2D eigenvalue weighted by atomic mass is 35.5. The normalized spacial score (nSPS) is 12.7. The summed E-state index contributed by atoms with van der Waals surface area (Å²) in [5.41, 5.74) is 0.437. The summed E-state index contributed by atoms with van der Waals surface area (Å²) < 4.78 is 27.5. The number of sulfonamides is 1. The summed E-state index contributed by atoms with van der Waals surface area (Å²) >= 11 is 5.98. The highest BCUT2D eigenvalue weighted by molar-refractivity contribution is 7.92. The van der Waals surface area contributed by atoms with E-state index in [0.717, 1.165) is 0 Å². The van der Waals surface area contributed by atoms with Gasteiger partial charge in [0.25, 0.3) is 15.9 Å². The number of nitrogens with one attached hydrogen (secondary N) is 2. The van der Waals surface area contributed by atoms with Gasteiger partial charge in [0, 0.05) is 12.1 Å². The number of amides is 1. The van der Waals surface area contributed by atoms with Crippen molar-refractivity contribution in [3.8, 4) is 0 Å². The molecule has 1 atom stereocenters. The Morgan fingerprint density at radius 3 is 2.50 bits per heavy atom. The first-order valence-corrected chi connectivity index (χ1v) is 9.90.